The first-order chi connectivity index (χ1) is 26.7. The summed E-state index contributed by atoms with van der Waals surface area (Å²) >= 11 is 0. The molecule has 1 heterocycles. The average Bonchev–Trinajstić information content (AvgIpc) is 3.18. The lowest BCUT2D eigenvalue weighted by Gasteiger charge is -2.12. The molecular formula is C46H66N2O7. The number of aromatic nitrogens is 2. The highest BCUT2D eigenvalue weighted by Crippen LogP contribution is 2.22. The topological polar surface area (TPSA) is 114 Å². The molecule has 0 saturated carbocycles. The van der Waals surface area contributed by atoms with Gasteiger partial charge in [0.2, 0.25) is 5.82 Å². The van der Waals surface area contributed by atoms with Crippen molar-refractivity contribution >= 4 is 17.9 Å². The number of benzene rings is 2. The summed E-state index contributed by atoms with van der Waals surface area (Å²) < 4.78 is 22.0. The first-order valence-corrected chi connectivity index (χ1v) is 21.0. The van der Waals surface area contributed by atoms with E-state index in [1.807, 2.05) is 31.2 Å². The van der Waals surface area contributed by atoms with Crippen molar-refractivity contribution in [3.8, 4) is 22.6 Å². The van der Waals surface area contributed by atoms with E-state index in [1.54, 1.807) is 12.4 Å². The molecule has 0 N–H and O–H groups in total. The number of hydrogen-bond donors (Lipinski definition) is 0. The highest BCUT2D eigenvalue weighted by molar-refractivity contribution is 5.90. The molecular weight excluding hydrogens is 693 g/mol. The summed E-state index contributed by atoms with van der Waals surface area (Å²) in [5.74, 6) is -0.290. The van der Waals surface area contributed by atoms with E-state index in [1.165, 1.54) is 121 Å². The zero-order valence-electron chi connectivity index (χ0n) is 34.0. The summed E-state index contributed by atoms with van der Waals surface area (Å²) in [6.45, 7) is 9.42. The van der Waals surface area contributed by atoms with Crippen LogP contribution < -0.4 is 9.47 Å². The van der Waals surface area contributed by atoms with Crippen LogP contribution in [0.25, 0.3) is 11.1 Å². The number of esters is 3. The van der Waals surface area contributed by atoms with Gasteiger partial charge in [0.15, 0.2) is 0 Å². The van der Waals surface area contributed by atoms with Gasteiger partial charge in [0.1, 0.15) is 11.5 Å². The molecule has 0 aliphatic rings. The van der Waals surface area contributed by atoms with Gasteiger partial charge in [-0.2, -0.15) is 0 Å². The number of carbonyl (C=O) groups is 3. The Labute approximate surface area is 330 Å². The molecule has 0 amide bonds. The van der Waals surface area contributed by atoms with Gasteiger partial charge in [0.25, 0.3) is 0 Å². The largest absolute Gasteiger partial charge is 0.494 e. The summed E-state index contributed by atoms with van der Waals surface area (Å²) in [7, 11) is 0. The molecule has 1 aromatic heterocycles. The highest BCUT2D eigenvalue weighted by atomic mass is 16.5. The quantitative estimate of drug-likeness (QED) is 0.0387. The molecule has 302 valence electrons. The maximum absolute atomic E-state index is 12.7. The first-order valence-electron chi connectivity index (χ1n) is 21.0. The van der Waals surface area contributed by atoms with E-state index < -0.39 is 11.9 Å². The number of rotatable bonds is 29. The van der Waals surface area contributed by atoms with Crippen molar-refractivity contribution in [2.75, 3.05) is 19.8 Å². The molecule has 3 rings (SSSR count). The summed E-state index contributed by atoms with van der Waals surface area (Å²) in [6, 6.07) is 13.8. The second-order valence-electron chi connectivity index (χ2n) is 15.2. The van der Waals surface area contributed by atoms with Crippen LogP contribution in [0.2, 0.25) is 0 Å². The van der Waals surface area contributed by atoms with Crippen LogP contribution in [0.4, 0.5) is 0 Å². The Balaban J connectivity index is 1.26. The SMILES string of the molecule is CCCCCCCCCCCCCCCCCCOc1ccc(-c2cnc(C(=O)Oc3ccc(C(=O)OCC(C)CC(=O)OCCC(C)C)cc3)nc2)cc1. The Morgan fingerprint density at radius 2 is 1.11 bits per heavy atom. The summed E-state index contributed by atoms with van der Waals surface area (Å²) in [5, 5.41) is 0. The van der Waals surface area contributed by atoms with E-state index in [0.717, 1.165) is 29.7 Å². The fourth-order valence-corrected chi connectivity index (χ4v) is 6.09. The minimum atomic E-state index is -0.714. The van der Waals surface area contributed by atoms with Crippen molar-refractivity contribution in [3.63, 3.8) is 0 Å². The molecule has 0 aliphatic carbocycles. The van der Waals surface area contributed by atoms with Crippen LogP contribution in [0.5, 0.6) is 11.5 Å². The molecule has 0 aliphatic heterocycles. The fourth-order valence-electron chi connectivity index (χ4n) is 6.09. The van der Waals surface area contributed by atoms with Crippen LogP contribution in [0, 0.1) is 11.8 Å². The molecule has 0 bridgehead atoms. The van der Waals surface area contributed by atoms with E-state index in [-0.39, 0.29) is 36.5 Å². The molecule has 0 radical (unpaired) electrons. The van der Waals surface area contributed by atoms with Crippen molar-refractivity contribution in [3.05, 3.63) is 72.3 Å². The number of carbonyl (C=O) groups excluding carboxylic acids is 3. The lowest BCUT2D eigenvalue weighted by atomic mass is 10.0. The molecule has 9 nitrogen and oxygen atoms in total. The van der Waals surface area contributed by atoms with Crippen LogP contribution in [0.3, 0.4) is 0 Å². The molecule has 3 aromatic rings. The predicted molar refractivity (Wildman–Crippen MR) is 218 cm³/mol. The van der Waals surface area contributed by atoms with E-state index in [2.05, 4.69) is 30.7 Å². The van der Waals surface area contributed by atoms with Crippen molar-refractivity contribution < 1.29 is 33.3 Å². The standard InChI is InChI=1S/C46H66N2O7/c1-5-6-7-8-9-10-11-12-13-14-15-16-17-18-19-20-30-52-41-25-21-38(22-26-41)40-33-47-44(48-34-40)46(51)55-42-27-23-39(24-28-42)45(50)54-35-37(4)32-43(49)53-31-29-36(2)3/h21-28,33-34,36-37H,5-20,29-32,35H2,1-4H3. The van der Waals surface area contributed by atoms with Gasteiger partial charge in [-0.3, -0.25) is 4.79 Å². The maximum atomic E-state index is 12.7. The second-order valence-corrected chi connectivity index (χ2v) is 15.2. The van der Waals surface area contributed by atoms with Crippen molar-refractivity contribution in [1.82, 2.24) is 9.97 Å². The number of unbranched alkanes of at least 4 members (excludes halogenated alkanes) is 15. The molecule has 1 atom stereocenters. The Kier molecular flexibility index (Phi) is 22.4. The third kappa shape index (κ3) is 19.8. The Morgan fingerprint density at radius 1 is 0.582 bits per heavy atom. The summed E-state index contributed by atoms with van der Waals surface area (Å²) in [6.07, 6.45) is 25.7. The Bertz CT molecular complexity index is 1490. The highest BCUT2D eigenvalue weighted by Gasteiger charge is 2.16. The minimum Gasteiger partial charge on any atom is -0.494 e. The van der Waals surface area contributed by atoms with Crippen LogP contribution in [0.15, 0.2) is 60.9 Å². The molecule has 0 fully saturated rings. The minimum absolute atomic E-state index is 0.0808. The summed E-state index contributed by atoms with van der Waals surface area (Å²) in [4.78, 5) is 45.6. The molecule has 55 heavy (non-hydrogen) atoms. The van der Waals surface area contributed by atoms with Gasteiger partial charge < -0.3 is 18.9 Å². The Morgan fingerprint density at radius 3 is 1.65 bits per heavy atom. The van der Waals surface area contributed by atoms with Crippen molar-refractivity contribution in [2.24, 2.45) is 11.8 Å². The predicted octanol–water partition coefficient (Wildman–Crippen LogP) is 11.8. The van der Waals surface area contributed by atoms with Gasteiger partial charge in [0.05, 0.1) is 31.8 Å². The van der Waals surface area contributed by atoms with Gasteiger partial charge >= 0.3 is 17.9 Å². The summed E-state index contributed by atoms with van der Waals surface area (Å²) in [5.41, 5.74) is 1.97. The molecule has 9 heteroatoms. The maximum Gasteiger partial charge on any atom is 0.381 e. The molecule has 1 unspecified atom stereocenters. The monoisotopic (exact) mass is 758 g/mol. The second kappa shape index (κ2) is 27.3. The van der Waals surface area contributed by atoms with E-state index in [4.69, 9.17) is 18.9 Å². The molecule has 2 aromatic carbocycles. The first kappa shape index (κ1) is 45.1. The molecule has 0 spiro atoms. The number of hydrogen-bond acceptors (Lipinski definition) is 9. The van der Waals surface area contributed by atoms with E-state index >= 15 is 0 Å². The van der Waals surface area contributed by atoms with Gasteiger partial charge in [-0.15, -0.1) is 0 Å². The number of ether oxygens (including phenoxy) is 4. The van der Waals surface area contributed by atoms with Crippen molar-refractivity contribution in [2.45, 2.75) is 143 Å². The Hall–Kier alpha value is -4.27. The zero-order valence-corrected chi connectivity index (χ0v) is 34.0. The van der Waals surface area contributed by atoms with Gasteiger partial charge in [-0.05, 0) is 60.7 Å². The van der Waals surface area contributed by atoms with Crippen LogP contribution in [-0.4, -0.2) is 47.7 Å². The van der Waals surface area contributed by atoms with Crippen LogP contribution >= 0.6 is 0 Å². The lowest BCUT2D eigenvalue weighted by Crippen LogP contribution is -2.17. The van der Waals surface area contributed by atoms with E-state index in [9.17, 15) is 14.4 Å². The van der Waals surface area contributed by atoms with E-state index in [0.29, 0.717) is 24.7 Å². The third-order valence-electron chi connectivity index (χ3n) is 9.56. The van der Waals surface area contributed by atoms with Gasteiger partial charge in [-0.1, -0.05) is 136 Å². The third-order valence-corrected chi connectivity index (χ3v) is 9.56. The van der Waals surface area contributed by atoms with Crippen LogP contribution in [-0.2, 0) is 14.3 Å². The number of nitrogens with zero attached hydrogens (tertiary/aromatic N) is 2. The molecule has 0 saturated heterocycles. The smallest absolute Gasteiger partial charge is 0.381 e. The lowest BCUT2D eigenvalue weighted by molar-refractivity contribution is -0.145. The average molecular weight is 759 g/mol. The van der Waals surface area contributed by atoms with Gasteiger partial charge in [-0.25, -0.2) is 19.6 Å². The van der Waals surface area contributed by atoms with Crippen molar-refractivity contribution in [1.29, 1.82) is 0 Å². The zero-order chi connectivity index (χ0) is 39.5. The van der Waals surface area contributed by atoms with Crippen LogP contribution in [0.1, 0.15) is 164 Å². The fraction of sp³-hybridized carbons (Fsp3) is 0.587. The normalized spacial score (nSPS) is 11.7. The van der Waals surface area contributed by atoms with Gasteiger partial charge in [0, 0.05) is 23.9 Å².